The van der Waals surface area contributed by atoms with Crippen LogP contribution in [0, 0.1) is 17.2 Å². The lowest BCUT2D eigenvalue weighted by Crippen LogP contribution is -2.19. The number of hydrogen-bond donors (Lipinski definition) is 0. The molecule has 0 atom stereocenters. The molecule has 0 amide bonds. The molecule has 0 aliphatic heterocycles. The van der Waals surface area contributed by atoms with Gasteiger partial charge in [-0.1, -0.05) is 18.6 Å². The predicted molar refractivity (Wildman–Crippen MR) is 126 cm³/mol. The van der Waals surface area contributed by atoms with Crippen LogP contribution in [0.4, 0.5) is 0 Å². The summed E-state index contributed by atoms with van der Waals surface area (Å²) in [4.78, 5) is 13.7. The summed E-state index contributed by atoms with van der Waals surface area (Å²) in [5, 5.41) is 9.11. The van der Waals surface area contributed by atoms with Crippen molar-refractivity contribution in [1.82, 2.24) is 19.5 Å². The first-order valence-electron chi connectivity index (χ1n) is 10.9. The average molecular weight is 438 g/mol. The Hall–Kier alpha value is -4.18. The van der Waals surface area contributed by atoms with E-state index in [9.17, 15) is 0 Å². The second-order valence-corrected chi connectivity index (χ2v) is 7.99. The first-order valence-corrected chi connectivity index (χ1v) is 10.9. The van der Waals surface area contributed by atoms with Crippen LogP contribution in [0.1, 0.15) is 36.2 Å². The van der Waals surface area contributed by atoms with Crippen molar-refractivity contribution in [2.24, 2.45) is 5.92 Å². The number of nitriles is 1. The third-order valence-electron chi connectivity index (χ3n) is 5.88. The van der Waals surface area contributed by atoms with Gasteiger partial charge >= 0.3 is 0 Å². The third-order valence-corrected chi connectivity index (χ3v) is 5.88. The van der Waals surface area contributed by atoms with E-state index in [-0.39, 0.29) is 0 Å². The van der Waals surface area contributed by atoms with E-state index >= 15 is 0 Å². The number of fused-ring (bicyclic) bond motifs is 1. The number of para-hydroxylation sites is 1. The number of imidazole rings is 1. The lowest BCUT2D eigenvalue weighted by atomic mass is 9.86. The fourth-order valence-electron chi connectivity index (χ4n) is 3.86. The highest BCUT2D eigenvalue weighted by Crippen LogP contribution is 2.35. The molecule has 0 N–H and O–H groups in total. The van der Waals surface area contributed by atoms with E-state index < -0.39 is 0 Å². The number of methoxy groups -OCH3 is 1. The van der Waals surface area contributed by atoms with E-state index in [0.29, 0.717) is 41.1 Å². The highest BCUT2D eigenvalue weighted by atomic mass is 16.5. The molecule has 1 aliphatic carbocycles. The Kier molecular flexibility index (Phi) is 5.73. The number of pyridine rings is 2. The Labute approximate surface area is 192 Å². The largest absolute Gasteiger partial charge is 0.493 e. The van der Waals surface area contributed by atoms with E-state index in [4.69, 9.17) is 19.7 Å². The number of hydrogen-bond acceptors (Lipinski definition) is 6. The molecule has 0 bridgehead atoms. The molecule has 33 heavy (non-hydrogen) atoms. The second kappa shape index (κ2) is 9.13. The smallest absolute Gasteiger partial charge is 0.168 e. The molecule has 1 fully saturated rings. The maximum atomic E-state index is 9.11. The maximum Gasteiger partial charge on any atom is 0.168 e. The molecule has 1 aliphatic rings. The van der Waals surface area contributed by atoms with Crippen molar-refractivity contribution in [2.75, 3.05) is 13.7 Å². The van der Waals surface area contributed by atoms with Crippen molar-refractivity contribution in [2.45, 2.75) is 19.3 Å². The standard InChI is InChI=1S/C26H23N5O2/c1-32-22-9-3-7-20(25(22)33-17-18-5-2-6-18)11-13-24-30-21-8-4-14-28-26(21)31(24)23-12-10-19(15-27)16-29-23/h3-4,7-14,16,18H,2,5-6,17H2,1H3. The maximum absolute atomic E-state index is 9.11. The molecule has 1 saturated carbocycles. The van der Waals surface area contributed by atoms with Crippen LogP contribution >= 0.6 is 0 Å². The molecule has 4 aromatic rings. The molecule has 164 valence electrons. The Morgan fingerprint density at radius 3 is 2.76 bits per heavy atom. The summed E-state index contributed by atoms with van der Waals surface area (Å²) in [7, 11) is 1.65. The van der Waals surface area contributed by atoms with Crippen LogP contribution in [-0.4, -0.2) is 33.2 Å². The summed E-state index contributed by atoms with van der Waals surface area (Å²) in [6.45, 7) is 0.693. The Balaban J connectivity index is 1.54. The van der Waals surface area contributed by atoms with Gasteiger partial charge in [-0.25, -0.2) is 15.0 Å². The molecule has 3 aromatic heterocycles. The average Bonchev–Trinajstić information content (AvgIpc) is 3.20. The van der Waals surface area contributed by atoms with Crippen LogP contribution in [0.15, 0.2) is 54.9 Å². The molecule has 0 unspecified atom stereocenters. The molecule has 5 rings (SSSR count). The normalized spacial score (nSPS) is 13.7. The zero-order chi connectivity index (χ0) is 22.6. The van der Waals surface area contributed by atoms with Gasteiger partial charge in [0.05, 0.1) is 19.3 Å². The zero-order valence-electron chi connectivity index (χ0n) is 18.3. The fraction of sp³-hybridized carbons (Fsp3) is 0.231. The van der Waals surface area contributed by atoms with Crippen molar-refractivity contribution >= 4 is 23.3 Å². The molecular formula is C26H23N5O2. The Bertz CT molecular complexity index is 1350. The van der Waals surface area contributed by atoms with E-state index in [0.717, 1.165) is 16.8 Å². The van der Waals surface area contributed by atoms with Crippen LogP contribution in [0.2, 0.25) is 0 Å². The highest BCUT2D eigenvalue weighted by molar-refractivity contribution is 5.80. The Morgan fingerprint density at radius 1 is 1.12 bits per heavy atom. The highest BCUT2D eigenvalue weighted by Gasteiger charge is 2.20. The van der Waals surface area contributed by atoms with Crippen LogP contribution < -0.4 is 9.47 Å². The van der Waals surface area contributed by atoms with Crippen molar-refractivity contribution in [3.05, 3.63) is 71.8 Å². The van der Waals surface area contributed by atoms with E-state index in [1.54, 1.807) is 31.6 Å². The summed E-state index contributed by atoms with van der Waals surface area (Å²) >= 11 is 0. The summed E-state index contributed by atoms with van der Waals surface area (Å²) in [5.74, 6) is 3.38. The van der Waals surface area contributed by atoms with Crippen molar-refractivity contribution < 1.29 is 9.47 Å². The predicted octanol–water partition coefficient (Wildman–Crippen LogP) is 5.05. The van der Waals surface area contributed by atoms with Crippen molar-refractivity contribution in [3.63, 3.8) is 0 Å². The van der Waals surface area contributed by atoms with Crippen LogP contribution in [0.5, 0.6) is 11.5 Å². The minimum absolute atomic E-state index is 0.498. The molecule has 7 nitrogen and oxygen atoms in total. The molecule has 1 aromatic carbocycles. The zero-order valence-corrected chi connectivity index (χ0v) is 18.3. The van der Waals surface area contributed by atoms with Gasteiger partial charge in [0.2, 0.25) is 0 Å². The van der Waals surface area contributed by atoms with E-state index in [1.165, 1.54) is 19.3 Å². The fourth-order valence-corrected chi connectivity index (χ4v) is 3.86. The first-order chi connectivity index (χ1) is 16.3. The van der Waals surface area contributed by atoms with Gasteiger partial charge < -0.3 is 9.47 Å². The lowest BCUT2D eigenvalue weighted by Gasteiger charge is -2.26. The SMILES string of the molecule is COc1cccc(C=Cc2nc3cccnc3n2-c2ccc(C#N)cn2)c1OCC1CCC1. The van der Waals surface area contributed by atoms with Gasteiger partial charge in [0.25, 0.3) is 0 Å². The minimum atomic E-state index is 0.498. The summed E-state index contributed by atoms with van der Waals surface area (Å²) in [6, 6.07) is 15.3. The van der Waals surface area contributed by atoms with Gasteiger partial charge in [-0.05, 0) is 61.2 Å². The molecular weight excluding hydrogens is 414 g/mol. The van der Waals surface area contributed by atoms with Crippen LogP contribution in [0.3, 0.4) is 0 Å². The van der Waals surface area contributed by atoms with Gasteiger partial charge in [0.1, 0.15) is 23.2 Å². The van der Waals surface area contributed by atoms with Gasteiger partial charge in [0.15, 0.2) is 17.1 Å². The summed E-state index contributed by atoms with van der Waals surface area (Å²) in [5.41, 5.74) is 2.86. The van der Waals surface area contributed by atoms with Gasteiger partial charge in [0, 0.05) is 18.0 Å². The number of ether oxygens (including phenoxy) is 2. The van der Waals surface area contributed by atoms with Crippen LogP contribution in [-0.2, 0) is 0 Å². The quantitative estimate of drug-likeness (QED) is 0.402. The Morgan fingerprint density at radius 2 is 2.03 bits per heavy atom. The minimum Gasteiger partial charge on any atom is -0.493 e. The third kappa shape index (κ3) is 4.15. The number of aromatic nitrogens is 4. The monoisotopic (exact) mass is 437 g/mol. The van der Waals surface area contributed by atoms with Gasteiger partial charge in [-0.15, -0.1) is 0 Å². The van der Waals surface area contributed by atoms with Gasteiger partial charge in [-0.2, -0.15) is 5.26 Å². The molecule has 0 spiro atoms. The first kappa shape index (κ1) is 20.7. The van der Waals surface area contributed by atoms with Crippen LogP contribution in [0.25, 0.3) is 29.1 Å². The van der Waals surface area contributed by atoms with E-state index in [2.05, 4.69) is 16.0 Å². The number of nitrogens with zero attached hydrogens (tertiary/aromatic N) is 5. The van der Waals surface area contributed by atoms with Gasteiger partial charge in [-0.3, -0.25) is 4.57 Å². The lowest BCUT2D eigenvalue weighted by molar-refractivity contribution is 0.175. The topological polar surface area (TPSA) is 85.9 Å². The molecule has 0 radical (unpaired) electrons. The molecule has 7 heteroatoms. The number of benzene rings is 1. The molecule has 0 saturated heterocycles. The number of rotatable bonds is 7. The van der Waals surface area contributed by atoms with E-state index in [1.807, 2.05) is 47.1 Å². The van der Waals surface area contributed by atoms with Crippen molar-refractivity contribution in [3.8, 4) is 23.4 Å². The molecule has 3 heterocycles. The van der Waals surface area contributed by atoms with Crippen molar-refractivity contribution in [1.29, 1.82) is 5.26 Å². The second-order valence-electron chi connectivity index (χ2n) is 7.99. The summed E-state index contributed by atoms with van der Waals surface area (Å²) < 4.78 is 13.6. The summed E-state index contributed by atoms with van der Waals surface area (Å²) in [6.07, 6.45) is 10.9.